The standard InChI is InChI=1S/C14H17NOS/c1-11(14-6-7-17-10-14)15-8-12-4-2-3-5-13(12)9-16/h2-7,10-11,15-16H,8-9H2,1H3. The van der Waals surface area contributed by atoms with E-state index >= 15 is 0 Å². The number of hydrogen-bond acceptors (Lipinski definition) is 3. The number of rotatable bonds is 5. The number of benzene rings is 1. The maximum Gasteiger partial charge on any atom is 0.0685 e. The monoisotopic (exact) mass is 247 g/mol. The van der Waals surface area contributed by atoms with Crippen molar-refractivity contribution in [3.8, 4) is 0 Å². The highest BCUT2D eigenvalue weighted by molar-refractivity contribution is 7.07. The van der Waals surface area contributed by atoms with Crippen molar-refractivity contribution >= 4 is 11.3 Å². The minimum atomic E-state index is 0.102. The number of hydrogen-bond donors (Lipinski definition) is 2. The minimum absolute atomic E-state index is 0.102. The van der Waals surface area contributed by atoms with Gasteiger partial charge in [-0.3, -0.25) is 0 Å². The predicted molar refractivity (Wildman–Crippen MR) is 71.9 cm³/mol. The van der Waals surface area contributed by atoms with Crippen LogP contribution in [0.4, 0.5) is 0 Å². The maximum absolute atomic E-state index is 9.24. The Morgan fingerprint density at radius 3 is 2.65 bits per heavy atom. The molecule has 0 bridgehead atoms. The van der Waals surface area contributed by atoms with Crippen LogP contribution in [0.1, 0.15) is 29.7 Å². The Labute approximate surface area is 106 Å². The molecule has 0 radical (unpaired) electrons. The van der Waals surface area contributed by atoms with Gasteiger partial charge in [-0.1, -0.05) is 24.3 Å². The van der Waals surface area contributed by atoms with Crippen LogP contribution in [0.15, 0.2) is 41.1 Å². The van der Waals surface area contributed by atoms with E-state index in [4.69, 9.17) is 0 Å². The Hall–Kier alpha value is -1.16. The van der Waals surface area contributed by atoms with E-state index in [-0.39, 0.29) is 6.61 Å². The number of aliphatic hydroxyl groups is 1. The molecule has 1 unspecified atom stereocenters. The smallest absolute Gasteiger partial charge is 0.0685 e. The van der Waals surface area contributed by atoms with E-state index in [9.17, 15) is 5.11 Å². The zero-order valence-corrected chi connectivity index (χ0v) is 10.7. The average molecular weight is 247 g/mol. The fourth-order valence-corrected chi connectivity index (χ4v) is 2.54. The Morgan fingerprint density at radius 2 is 2.00 bits per heavy atom. The maximum atomic E-state index is 9.24. The quantitative estimate of drug-likeness (QED) is 0.851. The van der Waals surface area contributed by atoms with Gasteiger partial charge in [0.05, 0.1) is 6.61 Å². The Bertz CT molecular complexity index is 453. The first-order chi connectivity index (χ1) is 8.31. The summed E-state index contributed by atoms with van der Waals surface area (Å²) in [7, 11) is 0. The highest BCUT2D eigenvalue weighted by Gasteiger charge is 2.06. The van der Waals surface area contributed by atoms with E-state index in [1.54, 1.807) is 11.3 Å². The van der Waals surface area contributed by atoms with Crippen LogP contribution in [0.5, 0.6) is 0 Å². The Balaban J connectivity index is 1.98. The number of nitrogens with one attached hydrogen (secondary N) is 1. The van der Waals surface area contributed by atoms with Gasteiger partial charge in [-0.05, 0) is 40.4 Å². The molecule has 2 nitrogen and oxygen atoms in total. The van der Waals surface area contributed by atoms with Crippen LogP contribution in [-0.2, 0) is 13.2 Å². The molecule has 0 amide bonds. The average Bonchev–Trinajstić information content (AvgIpc) is 2.90. The molecule has 0 fully saturated rings. The summed E-state index contributed by atoms with van der Waals surface area (Å²) < 4.78 is 0. The van der Waals surface area contributed by atoms with Crippen molar-refractivity contribution in [2.75, 3.05) is 0 Å². The van der Waals surface area contributed by atoms with E-state index in [1.807, 2.05) is 18.2 Å². The first-order valence-corrected chi connectivity index (χ1v) is 6.68. The van der Waals surface area contributed by atoms with Crippen molar-refractivity contribution in [3.05, 3.63) is 57.8 Å². The minimum Gasteiger partial charge on any atom is -0.392 e. The third-order valence-corrected chi connectivity index (χ3v) is 3.63. The van der Waals surface area contributed by atoms with Crippen molar-refractivity contribution in [2.24, 2.45) is 0 Å². The molecule has 3 heteroatoms. The number of aliphatic hydroxyl groups excluding tert-OH is 1. The summed E-state index contributed by atoms with van der Waals surface area (Å²) >= 11 is 1.72. The summed E-state index contributed by atoms with van der Waals surface area (Å²) in [5, 5.41) is 17.0. The fraction of sp³-hybridized carbons (Fsp3) is 0.286. The van der Waals surface area contributed by atoms with E-state index in [1.165, 1.54) is 5.56 Å². The van der Waals surface area contributed by atoms with Crippen LogP contribution in [0.3, 0.4) is 0 Å². The Kier molecular flexibility index (Phi) is 4.31. The van der Waals surface area contributed by atoms with Gasteiger partial charge in [-0.2, -0.15) is 11.3 Å². The SMILES string of the molecule is CC(NCc1ccccc1CO)c1ccsc1. The van der Waals surface area contributed by atoms with Crippen molar-refractivity contribution in [1.82, 2.24) is 5.32 Å². The van der Waals surface area contributed by atoms with Gasteiger partial charge >= 0.3 is 0 Å². The lowest BCUT2D eigenvalue weighted by molar-refractivity contribution is 0.280. The van der Waals surface area contributed by atoms with Gasteiger partial charge in [0.15, 0.2) is 0 Å². The molecular formula is C14H17NOS. The van der Waals surface area contributed by atoms with Gasteiger partial charge in [0.25, 0.3) is 0 Å². The van der Waals surface area contributed by atoms with Gasteiger partial charge in [-0.25, -0.2) is 0 Å². The van der Waals surface area contributed by atoms with Gasteiger partial charge in [0.2, 0.25) is 0 Å². The summed E-state index contributed by atoms with van der Waals surface area (Å²) in [6, 6.07) is 10.5. The molecule has 0 saturated carbocycles. The van der Waals surface area contributed by atoms with Crippen LogP contribution < -0.4 is 5.32 Å². The lowest BCUT2D eigenvalue weighted by Crippen LogP contribution is -2.18. The molecule has 0 aliphatic rings. The van der Waals surface area contributed by atoms with E-state index in [2.05, 4.69) is 35.1 Å². The highest BCUT2D eigenvalue weighted by Crippen LogP contribution is 2.17. The summed E-state index contributed by atoms with van der Waals surface area (Å²) in [4.78, 5) is 0. The second-order valence-electron chi connectivity index (χ2n) is 4.09. The van der Waals surface area contributed by atoms with Crippen LogP contribution in [0.2, 0.25) is 0 Å². The third-order valence-electron chi connectivity index (χ3n) is 2.93. The molecule has 0 saturated heterocycles. The predicted octanol–water partition coefficient (Wildman–Crippen LogP) is 3.09. The van der Waals surface area contributed by atoms with Crippen molar-refractivity contribution in [2.45, 2.75) is 26.1 Å². The van der Waals surface area contributed by atoms with Gasteiger partial charge in [0.1, 0.15) is 0 Å². The van der Waals surface area contributed by atoms with Gasteiger partial charge in [-0.15, -0.1) is 0 Å². The highest BCUT2D eigenvalue weighted by atomic mass is 32.1. The van der Waals surface area contributed by atoms with Crippen LogP contribution in [-0.4, -0.2) is 5.11 Å². The topological polar surface area (TPSA) is 32.3 Å². The van der Waals surface area contributed by atoms with Gasteiger partial charge in [0, 0.05) is 12.6 Å². The molecule has 90 valence electrons. The summed E-state index contributed by atoms with van der Waals surface area (Å²) in [6.07, 6.45) is 0. The van der Waals surface area contributed by atoms with E-state index < -0.39 is 0 Å². The largest absolute Gasteiger partial charge is 0.392 e. The fourth-order valence-electron chi connectivity index (χ4n) is 1.79. The summed E-state index contributed by atoms with van der Waals surface area (Å²) in [6.45, 7) is 3.04. The Morgan fingerprint density at radius 1 is 1.24 bits per heavy atom. The molecule has 2 rings (SSSR count). The lowest BCUT2D eigenvalue weighted by atomic mass is 10.1. The third kappa shape index (κ3) is 3.16. The van der Waals surface area contributed by atoms with Crippen LogP contribution >= 0.6 is 11.3 Å². The normalized spacial score (nSPS) is 12.6. The number of thiophene rings is 1. The van der Waals surface area contributed by atoms with Crippen molar-refractivity contribution in [1.29, 1.82) is 0 Å². The molecule has 2 aromatic rings. The molecule has 0 aliphatic carbocycles. The zero-order valence-electron chi connectivity index (χ0n) is 9.89. The van der Waals surface area contributed by atoms with E-state index in [0.717, 1.165) is 17.7 Å². The lowest BCUT2D eigenvalue weighted by Gasteiger charge is -2.14. The zero-order chi connectivity index (χ0) is 12.1. The molecule has 1 heterocycles. The molecule has 2 N–H and O–H groups in total. The molecular weight excluding hydrogens is 230 g/mol. The first-order valence-electron chi connectivity index (χ1n) is 5.74. The summed E-state index contributed by atoms with van der Waals surface area (Å²) in [5.41, 5.74) is 3.48. The second kappa shape index (κ2) is 5.96. The van der Waals surface area contributed by atoms with Crippen LogP contribution in [0.25, 0.3) is 0 Å². The van der Waals surface area contributed by atoms with Crippen molar-refractivity contribution in [3.63, 3.8) is 0 Å². The molecule has 1 aromatic carbocycles. The van der Waals surface area contributed by atoms with Gasteiger partial charge < -0.3 is 10.4 Å². The van der Waals surface area contributed by atoms with Crippen molar-refractivity contribution < 1.29 is 5.11 Å². The molecule has 1 atom stereocenters. The summed E-state index contributed by atoms with van der Waals surface area (Å²) in [5.74, 6) is 0. The first kappa shape index (κ1) is 12.3. The van der Waals surface area contributed by atoms with E-state index in [0.29, 0.717) is 6.04 Å². The molecule has 1 aromatic heterocycles. The molecule has 0 spiro atoms. The molecule has 17 heavy (non-hydrogen) atoms. The second-order valence-corrected chi connectivity index (χ2v) is 4.87. The molecule has 0 aliphatic heterocycles. The van der Waals surface area contributed by atoms with Crippen LogP contribution in [0, 0.1) is 0 Å².